The molecule has 0 fully saturated rings. The number of methoxy groups -OCH3 is 1. The van der Waals surface area contributed by atoms with Gasteiger partial charge in [-0.15, -0.1) is 0 Å². The average molecular weight is 821 g/mol. The Morgan fingerprint density at radius 2 is 1.36 bits per heavy atom. The molecule has 6 rings (SSSR count). The van der Waals surface area contributed by atoms with Crippen molar-refractivity contribution >= 4 is 48.6 Å². The van der Waals surface area contributed by atoms with Crippen molar-refractivity contribution in [3.05, 3.63) is 173 Å². The van der Waals surface area contributed by atoms with Crippen LogP contribution in [0.5, 0.6) is 5.75 Å². The van der Waals surface area contributed by atoms with Gasteiger partial charge in [0.05, 0.1) is 13.7 Å². The molecule has 11 nitrogen and oxygen atoms in total. The zero-order valence-corrected chi connectivity index (χ0v) is 34.0. The van der Waals surface area contributed by atoms with Gasteiger partial charge in [-0.25, -0.2) is 4.58 Å². The number of hydrogen-bond acceptors (Lipinski definition) is 8. The van der Waals surface area contributed by atoms with Gasteiger partial charge in [0.1, 0.15) is 22.1 Å². The molecule has 0 amide bonds. The largest absolute Gasteiger partial charge is 0.495 e. The Morgan fingerprint density at radius 1 is 0.741 bits per heavy atom. The molecule has 300 valence electrons. The molecule has 0 spiro atoms. The Hall–Kier alpha value is -5.83. The van der Waals surface area contributed by atoms with Gasteiger partial charge in [0.2, 0.25) is 0 Å². The minimum Gasteiger partial charge on any atom is -0.495 e. The fourth-order valence-electron chi connectivity index (χ4n) is 6.92. The maximum atomic E-state index is 13.3. The number of nitrogens with zero attached hydrogens (tertiary/aromatic N) is 2. The van der Waals surface area contributed by atoms with Gasteiger partial charge in [-0.05, 0) is 78.6 Å². The topological polar surface area (TPSA) is 156 Å². The van der Waals surface area contributed by atoms with Gasteiger partial charge in [0.15, 0.2) is 12.3 Å². The second-order valence-corrected chi connectivity index (χ2v) is 16.4. The summed E-state index contributed by atoms with van der Waals surface area (Å²) in [4.78, 5) is 1.31. The van der Waals surface area contributed by atoms with Crippen LogP contribution in [-0.2, 0) is 39.9 Å². The van der Waals surface area contributed by atoms with Crippen LogP contribution < -0.4 is 15.0 Å². The highest BCUT2D eigenvalue weighted by Crippen LogP contribution is 2.38. The van der Waals surface area contributed by atoms with E-state index in [2.05, 4.69) is 52.9 Å². The maximum absolute atomic E-state index is 13.3. The van der Waals surface area contributed by atoms with Gasteiger partial charge in [-0.1, -0.05) is 78.9 Å². The van der Waals surface area contributed by atoms with Crippen molar-refractivity contribution in [1.82, 2.24) is 0 Å². The highest BCUT2D eigenvalue weighted by molar-refractivity contribution is 7.86. The summed E-state index contributed by atoms with van der Waals surface area (Å²) in [5, 5.41) is 13.1. The number of hydrogen-bond donors (Lipinski definition) is 4. The van der Waals surface area contributed by atoms with E-state index in [0.29, 0.717) is 29.8 Å². The van der Waals surface area contributed by atoms with Gasteiger partial charge in [-0.3, -0.25) is 9.11 Å². The molecule has 0 saturated heterocycles. The second kappa shape index (κ2) is 18.2. The van der Waals surface area contributed by atoms with Gasteiger partial charge >= 0.3 is 0 Å². The standard InChI is InChI=1S/C45H45N3O8S2/c1-4-47(29-32-12-8-6-9-13-32)38-21-16-34(17-22-38)45(35-18-23-39(24-19-35)48(5-2)30-33-14-10-7-11-15-33)40-25-20-37(27-43(40)57(50,51)52)46-41-28-42(56-3)44(58(53,54)55)26-36(41)31-49/h6-28,49H,4-5,29-31H2,1-3H3,(H2,50,51,52,53,54,55)/p+1. The molecule has 1 aliphatic rings. The van der Waals surface area contributed by atoms with E-state index in [-0.39, 0.29) is 33.1 Å². The number of allylic oxidation sites excluding steroid dienone is 5. The van der Waals surface area contributed by atoms with Crippen molar-refractivity contribution < 1.29 is 40.4 Å². The molecule has 0 saturated carbocycles. The van der Waals surface area contributed by atoms with Crippen molar-refractivity contribution in [2.45, 2.75) is 43.3 Å². The molecule has 1 aliphatic carbocycles. The summed E-state index contributed by atoms with van der Waals surface area (Å²) in [6.07, 6.45) is 7.88. The first-order chi connectivity index (χ1) is 27.8. The lowest BCUT2D eigenvalue weighted by Gasteiger charge is -2.24. The smallest absolute Gasteiger partial charge is 0.298 e. The van der Waals surface area contributed by atoms with E-state index >= 15 is 0 Å². The number of rotatable bonds is 15. The zero-order chi connectivity index (χ0) is 41.5. The van der Waals surface area contributed by atoms with Crippen LogP contribution in [0.25, 0.3) is 5.57 Å². The van der Waals surface area contributed by atoms with Gasteiger partial charge in [-0.2, -0.15) is 16.8 Å². The predicted molar refractivity (Wildman–Crippen MR) is 228 cm³/mol. The Balaban J connectivity index is 1.46. The molecule has 0 bridgehead atoms. The molecule has 0 aliphatic heterocycles. The number of ether oxygens (including phenoxy) is 1. The van der Waals surface area contributed by atoms with Crippen LogP contribution in [0.2, 0.25) is 0 Å². The lowest BCUT2D eigenvalue weighted by atomic mass is 9.90. The molecule has 13 heteroatoms. The van der Waals surface area contributed by atoms with Crippen LogP contribution >= 0.6 is 0 Å². The normalized spacial score (nSPS) is 12.7. The first-order valence-electron chi connectivity index (χ1n) is 18.7. The van der Waals surface area contributed by atoms with Crippen molar-refractivity contribution in [1.29, 1.82) is 0 Å². The Kier molecular flexibility index (Phi) is 13.1. The number of nitrogens with one attached hydrogen (secondary N) is 1. The van der Waals surface area contributed by atoms with E-state index in [1.165, 1.54) is 30.4 Å². The summed E-state index contributed by atoms with van der Waals surface area (Å²) in [5.41, 5.74) is 6.99. The number of aliphatic hydroxyl groups is 1. The first-order valence-corrected chi connectivity index (χ1v) is 21.5. The van der Waals surface area contributed by atoms with Crippen LogP contribution in [0.3, 0.4) is 0 Å². The van der Waals surface area contributed by atoms with Crippen LogP contribution in [0.15, 0.2) is 155 Å². The summed E-state index contributed by atoms with van der Waals surface area (Å²) < 4.78 is 78.4. The second-order valence-electron chi connectivity index (χ2n) is 13.6. The van der Waals surface area contributed by atoms with Crippen LogP contribution in [0.4, 0.5) is 17.1 Å². The highest BCUT2D eigenvalue weighted by atomic mass is 32.2. The molecule has 0 aromatic heterocycles. The van der Waals surface area contributed by atoms with Crippen molar-refractivity contribution in [3.8, 4) is 5.75 Å². The minimum absolute atomic E-state index is 0.0834. The number of aliphatic hydroxyl groups excluding tert-OH is 1. The lowest BCUT2D eigenvalue weighted by molar-refractivity contribution is -0.539. The average Bonchev–Trinajstić information content (AvgIpc) is 3.23. The Labute approximate surface area is 340 Å². The third-order valence-corrected chi connectivity index (χ3v) is 11.7. The third kappa shape index (κ3) is 9.81. The van der Waals surface area contributed by atoms with E-state index in [9.17, 15) is 31.0 Å². The fraction of sp³-hybridized carbons (Fsp3) is 0.178. The summed E-state index contributed by atoms with van der Waals surface area (Å²) in [6, 6.07) is 35.0. The predicted octanol–water partition coefficient (Wildman–Crippen LogP) is 8.05. The van der Waals surface area contributed by atoms with E-state index in [1.54, 1.807) is 12.1 Å². The van der Waals surface area contributed by atoms with Gasteiger partial charge < -0.3 is 20.1 Å². The van der Waals surface area contributed by atoms with Crippen LogP contribution in [-0.4, -0.2) is 61.5 Å². The molecule has 5 aromatic carbocycles. The maximum Gasteiger partial charge on any atom is 0.298 e. The van der Waals surface area contributed by atoms with Crippen LogP contribution in [0, 0.1) is 0 Å². The van der Waals surface area contributed by atoms with Gasteiger partial charge in [0.25, 0.3) is 20.2 Å². The lowest BCUT2D eigenvalue weighted by Crippen LogP contribution is -2.21. The molecule has 0 unspecified atom stereocenters. The SMILES string of the molecule is CCN(Cc1ccccc1)c1ccc(C(=C2C=CC(=[N+](CC)Cc3ccccc3)C=C2)c2ccc(Nc3cc(OC)c(S(=O)(=O)O)cc3CO)cc2S(=O)(=O)O)cc1. The van der Waals surface area contributed by atoms with Crippen molar-refractivity contribution in [2.24, 2.45) is 0 Å². The zero-order valence-electron chi connectivity index (χ0n) is 32.4. The molecule has 5 aromatic rings. The van der Waals surface area contributed by atoms with Gasteiger partial charge in [0, 0.05) is 65.1 Å². The highest BCUT2D eigenvalue weighted by Gasteiger charge is 2.25. The summed E-state index contributed by atoms with van der Waals surface area (Å²) in [5.74, 6) is -0.202. The van der Waals surface area contributed by atoms with Crippen molar-refractivity contribution in [3.63, 3.8) is 0 Å². The first kappa shape index (κ1) is 41.8. The molecule has 4 N–H and O–H groups in total. The molecular formula is C45H46N3O8S2+. The van der Waals surface area contributed by atoms with Crippen molar-refractivity contribution in [2.75, 3.05) is 30.4 Å². The Morgan fingerprint density at radius 3 is 1.91 bits per heavy atom. The molecule has 0 atom stereocenters. The molecular weight excluding hydrogens is 775 g/mol. The quantitative estimate of drug-likeness (QED) is 0.0602. The Bertz CT molecular complexity index is 2600. The van der Waals surface area contributed by atoms with E-state index < -0.39 is 31.7 Å². The number of anilines is 3. The minimum atomic E-state index is -4.85. The number of benzene rings is 5. The third-order valence-electron chi connectivity index (χ3n) is 9.88. The van der Waals surface area contributed by atoms with E-state index in [1.807, 2.05) is 85.0 Å². The molecule has 0 heterocycles. The summed E-state index contributed by atoms with van der Waals surface area (Å²) in [6.45, 7) is 6.47. The summed E-state index contributed by atoms with van der Waals surface area (Å²) >= 11 is 0. The fourth-order valence-corrected chi connectivity index (χ4v) is 8.33. The summed E-state index contributed by atoms with van der Waals surface area (Å²) in [7, 11) is -8.32. The molecule has 58 heavy (non-hydrogen) atoms. The monoisotopic (exact) mass is 820 g/mol. The van der Waals surface area contributed by atoms with E-state index in [0.717, 1.165) is 30.6 Å². The van der Waals surface area contributed by atoms with E-state index in [4.69, 9.17) is 4.74 Å². The molecule has 0 radical (unpaired) electrons. The van der Waals surface area contributed by atoms with Crippen LogP contribution in [0.1, 0.15) is 41.7 Å².